The highest BCUT2D eigenvalue weighted by atomic mass is 32.2. The Morgan fingerprint density at radius 3 is 2.58 bits per heavy atom. The van der Waals surface area contributed by atoms with E-state index in [2.05, 4.69) is 38.8 Å². The van der Waals surface area contributed by atoms with Crippen LogP contribution in [0.1, 0.15) is 34.6 Å². The van der Waals surface area contributed by atoms with Gasteiger partial charge in [-0.25, -0.2) is 0 Å². The molecule has 0 bridgehead atoms. The molecule has 178 valence electrons. The lowest BCUT2D eigenvalue weighted by Gasteiger charge is -2.43. The molecular weight excluding hydrogens is 440 g/mol. The smallest absolute Gasteiger partial charge is 0.250 e. The summed E-state index contributed by atoms with van der Waals surface area (Å²) < 4.78 is 7.59. The van der Waals surface area contributed by atoms with Crippen molar-refractivity contribution in [2.24, 2.45) is 5.92 Å². The molecule has 0 radical (unpaired) electrons. The van der Waals surface area contributed by atoms with E-state index in [9.17, 15) is 9.59 Å². The molecule has 10 heteroatoms. The molecule has 1 aromatic heterocycles. The lowest BCUT2D eigenvalue weighted by molar-refractivity contribution is -0.126. The quantitative estimate of drug-likeness (QED) is 0.646. The van der Waals surface area contributed by atoms with Gasteiger partial charge in [0, 0.05) is 19.6 Å². The molecule has 9 nitrogen and oxygen atoms in total. The molecule has 2 aliphatic heterocycles. The minimum atomic E-state index is -1.01. The number of ether oxygens (including phenoxy) is 1. The van der Waals surface area contributed by atoms with Crippen LogP contribution in [0.5, 0.6) is 0 Å². The number of carbonyl (C=O) groups is 2. The van der Waals surface area contributed by atoms with Gasteiger partial charge in [0.05, 0.1) is 29.8 Å². The summed E-state index contributed by atoms with van der Waals surface area (Å²) in [4.78, 5) is 30.3. The van der Waals surface area contributed by atoms with Crippen molar-refractivity contribution in [3.8, 4) is 0 Å². The number of anilines is 3. The summed E-state index contributed by atoms with van der Waals surface area (Å²) in [7, 11) is 0. The molecule has 0 saturated carbocycles. The Morgan fingerprint density at radius 1 is 1.18 bits per heavy atom. The van der Waals surface area contributed by atoms with Crippen molar-refractivity contribution in [3.63, 3.8) is 0 Å². The van der Waals surface area contributed by atoms with Crippen LogP contribution in [0, 0.1) is 5.92 Å². The molecule has 0 aliphatic carbocycles. The maximum atomic E-state index is 13.7. The number of amides is 2. The predicted octanol–water partition coefficient (Wildman–Crippen LogP) is 3.02. The number of hydrogen-bond donors (Lipinski definition) is 1. The summed E-state index contributed by atoms with van der Waals surface area (Å²) in [6.07, 6.45) is 0. The van der Waals surface area contributed by atoms with Gasteiger partial charge in [0.15, 0.2) is 5.16 Å². The van der Waals surface area contributed by atoms with Crippen molar-refractivity contribution in [2.45, 2.75) is 57.1 Å². The van der Waals surface area contributed by atoms with Gasteiger partial charge in [0.1, 0.15) is 5.54 Å². The Labute approximate surface area is 198 Å². The van der Waals surface area contributed by atoms with E-state index < -0.39 is 10.8 Å². The molecule has 1 saturated heterocycles. The Kier molecular flexibility index (Phi) is 6.67. The van der Waals surface area contributed by atoms with E-state index in [1.54, 1.807) is 18.7 Å². The molecule has 1 aromatic carbocycles. The van der Waals surface area contributed by atoms with Crippen molar-refractivity contribution < 1.29 is 14.3 Å². The summed E-state index contributed by atoms with van der Waals surface area (Å²) in [6, 6.07) is 7.40. The van der Waals surface area contributed by atoms with E-state index in [4.69, 9.17) is 4.74 Å². The highest BCUT2D eigenvalue weighted by Crippen LogP contribution is 2.39. The normalized spacial score (nSPS) is 18.8. The van der Waals surface area contributed by atoms with Gasteiger partial charge in [-0.3, -0.25) is 19.1 Å². The predicted molar refractivity (Wildman–Crippen MR) is 130 cm³/mol. The second-order valence-corrected chi connectivity index (χ2v) is 10.7. The standard InChI is InChI=1S/C23H32N6O3S/c1-15(2)14-28-21(27-10-12-32-13-11-27)25-26-22(28)33-16(3)19(30)29-18-9-7-6-8-17(18)24-20(31)23(29,4)5/h6-9,15-16H,10-14H2,1-5H3,(H,24,31). The molecular formula is C23H32N6O3S. The van der Waals surface area contributed by atoms with Gasteiger partial charge >= 0.3 is 0 Å². The third-order valence-electron chi connectivity index (χ3n) is 5.90. The maximum absolute atomic E-state index is 13.7. The van der Waals surface area contributed by atoms with Crippen LogP contribution in [0.25, 0.3) is 0 Å². The average Bonchev–Trinajstić information content (AvgIpc) is 3.16. The molecule has 1 fully saturated rings. The summed E-state index contributed by atoms with van der Waals surface area (Å²) in [5.74, 6) is 0.864. The minimum Gasteiger partial charge on any atom is -0.378 e. The highest BCUT2D eigenvalue weighted by molar-refractivity contribution is 8.00. The summed E-state index contributed by atoms with van der Waals surface area (Å²) in [5, 5.41) is 12.1. The van der Waals surface area contributed by atoms with Gasteiger partial charge in [0.25, 0.3) is 0 Å². The van der Waals surface area contributed by atoms with Crippen LogP contribution < -0.4 is 15.1 Å². The molecule has 1 atom stereocenters. The number of para-hydroxylation sites is 2. The summed E-state index contributed by atoms with van der Waals surface area (Å²) in [6.45, 7) is 13.3. The number of benzene rings is 1. The largest absolute Gasteiger partial charge is 0.378 e. The van der Waals surface area contributed by atoms with Crippen molar-refractivity contribution in [1.29, 1.82) is 0 Å². The molecule has 1 N–H and O–H groups in total. The van der Waals surface area contributed by atoms with Gasteiger partial charge in [-0.1, -0.05) is 37.7 Å². The van der Waals surface area contributed by atoms with E-state index >= 15 is 0 Å². The number of rotatable bonds is 6. The van der Waals surface area contributed by atoms with Crippen LogP contribution in [0.15, 0.2) is 29.4 Å². The topological polar surface area (TPSA) is 92.6 Å². The van der Waals surface area contributed by atoms with Crippen molar-refractivity contribution in [1.82, 2.24) is 14.8 Å². The van der Waals surface area contributed by atoms with E-state index in [1.165, 1.54) is 11.8 Å². The zero-order valence-electron chi connectivity index (χ0n) is 19.9. The number of thioether (sulfide) groups is 1. The first-order chi connectivity index (χ1) is 15.7. The van der Waals surface area contributed by atoms with Gasteiger partial charge in [-0.2, -0.15) is 0 Å². The van der Waals surface area contributed by atoms with E-state index in [0.717, 1.165) is 25.6 Å². The van der Waals surface area contributed by atoms with Crippen molar-refractivity contribution in [3.05, 3.63) is 24.3 Å². The number of morpholine rings is 1. The Balaban J connectivity index is 1.61. The fourth-order valence-corrected chi connectivity index (χ4v) is 5.02. The van der Waals surface area contributed by atoms with Crippen LogP contribution in [-0.4, -0.2) is 63.7 Å². The molecule has 1 unspecified atom stereocenters. The van der Waals surface area contributed by atoms with Crippen LogP contribution >= 0.6 is 11.8 Å². The Bertz CT molecular complexity index is 1030. The van der Waals surface area contributed by atoms with Gasteiger partial charge < -0.3 is 15.0 Å². The molecule has 33 heavy (non-hydrogen) atoms. The molecule has 4 rings (SSSR count). The first-order valence-corrected chi connectivity index (χ1v) is 12.2. The molecule has 2 aliphatic rings. The minimum absolute atomic E-state index is 0.140. The van der Waals surface area contributed by atoms with Gasteiger partial charge in [-0.05, 0) is 38.8 Å². The first kappa shape index (κ1) is 23.6. The Morgan fingerprint density at radius 2 is 1.88 bits per heavy atom. The third kappa shape index (κ3) is 4.59. The molecule has 0 spiro atoms. The number of fused-ring (bicyclic) bond motifs is 1. The lowest BCUT2D eigenvalue weighted by atomic mass is 9.96. The SMILES string of the molecule is CC(C)Cn1c(SC(C)C(=O)N2c3ccccc3NC(=O)C2(C)C)nnc1N1CCOCC1. The zero-order chi connectivity index (χ0) is 23.8. The van der Waals surface area contributed by atoms with Crippen molar-refractivity contribution in [2.75, 3.05) is 41.4 Å². The lowest BCUT2D eigenvalue weighted by Crippen LogP contribution is -2.60. The number of nitrogens with one attached hydrogen (secondary N) is 1. The van der Waals surface area contributed by atoms with Crippen LogP contribution in [0.4, 0.5) is 17.3 Å². The van der Waals surface area contributed by atoms with E-state index in [-0.39, 0.29) is 11.8 Å². The third-order valence-corrected chi connectivity index (χ3v) is 6.97. The molecule has 2 aromatic rings. The maximum Gasteiger partial charge on any atom is 0.250 e. The number of hydrogen-bond acceptors (Lipinski definition) is 7. The monoisotopic (exact) mass is 472 g/mol. The summed E-state index contributed by atoms with van der Waals surface area (Å²) in [5.41, 5.74) is 0.340. The van der Waals surface area contributed by atoms with Gasteiger partial charge in [0.2, 0.25) is 17.8 Å². The van der Waals surface area contributed by atoms with Crippen LogP contribution in [0.2, 0.25) is 0 Å². The van der Waals surface area contributed by atoms with E-state index in [1.807, 2.05) is 31.2 Å². The number of carbonyl (C=O) groups excluding carboxylic acids is 2. The summed E-state index contributed by atoms with van der Waals surface area (Å²) >= 11 is 1.38. The first-order valence-electron chi connectivity index (χ1n) is 11.4. The Hall–Kier alpha value is -2.59. The fourth-order valence-electron chi connectivity index (χ4n) is 4.13. The fraction of sp³-hybridized carbons (Fsp3) is 0.565. The van der Waals surface area contributed by atoms with Crippen molar-refractivity contribution >= 4 is 40.9 Å². The number of nitrogens with zero attached hydrogens (tertiary/aromatic N) is 5. The number of aromatic nitrogens is 3. The second kappa shape index (κ2) is 9.34. The molecule has 2 amide bonds. The highest BCUT2D eigenvalue weighted by Gasteiger charge is 2.45. The van der Waals surface area contributed by atoms with Crippen LogP contribution in [0.3, 0.4) is 0 Å². The second-order valence-electron chi connectivity index (χ2n) is 9.35. The van der Waals surface area contributed by atoms with Gasteiger partial charge in [-0.15, -0.1) is 10.2 Å². The zero-order valence-corrected chi connectivity index (χ0v) is 20.7. The van der Waals surface area contributed by atoms with Crippen LogP contribution in [-0.2, 0) is 20.9 Å². The average molecular weight is 473 g/mol. The molecule has 3 heterocycles. The van der Waals surface area contributed by atoms with E-state index in [0.29, 0.717) is 35.7 Å².